The van der Waals surface area contributed by atoms with Crippen LogP contribution in [0.4, 0.5) is 5.69 Å². The molecule has 0 saturated heterocycles. The molecule has 0 radical (unpaired) electrons. The predicted molar refractivity (Wildman–Crippen MR) is 90.5 cm³/mol. The fraction of sp³-hybridized carbons (Fsp3) is 0.263. The second kappa shape index (κ2) is 6.00. The summed E-state index contributed by atoms with van der Waals surface area (Å²) in [5.74, 6) is -0.798. The Hall–Kier alpha value is -2.82. The molecule has 1 aliphatic rings. The van der Waals surface area contributed by atoms with Gasteiger partial charge in [-0.25, -0.2) is 4.79 Å². The molecule has 3 rings (SSSR count). The van der Waals surface area contributed by atoms with Gasteiger partial charge >= 0.3 is 5.97 Å². The van der Waals surface area contributed by atoms with Crippen molar-refractivity contribution in [2.45, 2.75) is 26.2 Å². The Morgan fingerprint density at radius 2 is 1.79 bits per heavy atom. The highest BCUT2D eigenvalue weighted by Gasteiger charge is 2.34. The topological polar surface area (TPSA) is 55.8 Å². The fourth-order valence-electron chi connectivity index (χ4n) is 2.63. The van der Waals surface area contributed by atoms with Gasteiger partial charge < -0.3 is 14.4 Å². The van der Waals surface area contributed by atoms with Crippen LogP contribution in [0.25, 0.3) is 0 Å². The number of esters is 1. The van der Waals surface area contributed by atoms with E-state index in [9.17, 15) is 9.59 Å². The van der Waals surface area contributed by atoms with Gasteiger partial charge in [-0.2, -0.15) is 0 Å². The van der Waals surface area contributed by atoms with Crippen LogP contribution in [0, 0.1) is 0 Å². The van der Waals surface area contributed by atoms with Crippen molar-refractivity contribution in [3.05, 3.63) is 59.2 Å². The molecule has 1 heterocycles. The SMILES string of the molecule is CN(Cc1ccc(C=O)cc1)c1ccc2c(c1)C(=O)OC(C)(C)O2. The lowest BCUT2D eigenvalue weighted by molar-refractivity contribution is -0.127. The molecule has 0 aliphatic carbocycles. The summed E-state index contributed by atoms with van der Waals surface area (Å²) in [4.78, 5) is 24.9. The molecule has 2 aromatic rings. The lowest BCUT2D eigenvalue weighted by atomic mass is 10.1. The van der Waals surface area contributed by atoms with Crippen LogP contribution in [-0.2, 0) is 11.3 Å². The van der Waals surface area contributed by atoms with Crippen molar-refractivity contribution < 1.29 is 19.1 Å². The molecule has 0 fully saturated rings. The van der Waals surface area contributed by atoms with Crippen LogP contribution >= 0.6 is 0 Å². The largest absolute Gasteiger partial charge is 0.452 e. The third kappa shape index (κ3) is 3.25. The smallest absolute Gasteiger partial charge is 0.345 e. The van der Waals surface area contributed by atoms with Crippen molar-refractivity contribution >= 4 is 17.9 Å². The highest BCUT2D eigenvalue weighted by molar-refractivity contribution is 5.94. The summed E-state index contributed by atoms with van der Waals surface area (Å²) in [6, 6.07) is 12.9. The molecule has 1 aliphatic heterocycles. The van der Waals surface area contributed by atoms with Crippen LogP contribution in [0.2, 0.25) is 0 Å². The van der Waals surface area contributed by atoms with Gasteiger partial charge in [0.15, 0.2) is 0 Å². The lowest BCUT2D eigenvalue weighted by Gasteiger charge is -2.32. The number of nitrogens with zero attached hydrogens (tertiary/aromatic N) is 1. The minimum Gasteiger partial charge on any atom is -0.452 e. The number of rotatable bonds is 4. The second-order valence-corrected chi connectivity index (χ2v) is 6.29. The maximum atomic E-state index is 12.2. The zero-order valence-corrected chi connectivity index (χ0v) is 13.9. The molecule has 0 saturated carbocycles. The minimum atomic E-state index is -0.947. The van der Waals surface area contributed by atoms with Gasteiger partial charge in [0.25, 0.3) is 0 Å². The van der Waals surface area contributed by atoms with Gasteiger partial charge in [-0.1, -0.05) is 24.3 Å². The van der Waals surface area contributed by atoms with Crippen molar-refractivity contribution in [1.29, 1.82) is 0 Å². The van der Waals surface area contributed by atoms with Crippen molar-refractivity contribution in [3.8, 4) is 5.75 Å². The zero-order valence-electron chi connectivity index (χ0n) is 13.9. The Morgan fingerprint density at radius 1 is 1.08 bits per heavy atom. The highest BCUT2D eigenvalue weighted by atomic mass is 16.7. The molecule has 5 heteroatoms. The van der Waals surface area contributed by atoms with Gasteiger partial charge in [0.2, 0.25) is 5.79 Å². The van der Waals surface area contributed by atoms with Crippen LogP contribution in [0.5, 0.6) is 5.75 Å². The molecule has 0 amide bonds. The summed E-state index contributed by atoms with van der Waals surface area (Å²) in [6.45, 7) is 4.06. The van der Waals surface area contributed by atoms with Crippen LogP contribution in [0.1, 0.15) is 40.1 Å². The number of cyclic esters (lactones) is 1. The summed E-state index contributed by atoms with van der Waals surface area (Å²) >= 11 is 0. The molecular formula is C19H19NO4. The first-order valence-corrected chi connectivity index (χ1v) is 7.70. The molecular weight excluding hydrogens is 306 g/mol. The van der Waals surface area contributed by atoms with Crippen LogP contribution in [-0.4, -0.2) is 25.1 Å². The van der Waals surface area contributed by atoms with Gasteiger partial charge in [-0.05, 0) is 23.8 Å². The molecule has 24 heavy (non-hydrogen) atoms. The molecule has 0 bridgehead atoms. The Bertz CT molecular complexity index is 780. The van der Waals surface area contributed by atoms with E-state index in [0.29, 0.717) is 23.4 Å². The van der Waals surface area contributed by atoms with Gasteiger partial charge in [0.05, 0.1) is 0 Å². The van der Waals surface area contributed by atoms with Gasteiger partial charge in [-0.15, -0.1) is 0 Å². The Labute approximate surface area is 140 Å². The van der Waals surface area contributed by atoms with Gasteiger partial charge in [0.1, 0.15) is 17.6 Å². The predicted octanol–water partition coefficient (Wildman–Crippen LogP) is 3.42. The number of fused-ring (bicyclic) bond motifs is 1. The zero-order chi connectivity index (χ0) is 17.3. The van der Waals surface area contributed by atoms with E-state index in [1.807, 2.05) is 30.1 Å². The first-order chi connectivity index (χ1) is 11.4. The fourth-order valence-corrected chi connectivity index (χ4v) is 2.63. The van der Waals surface area contributed by atoms with Crippen LogP contribution < -0.4 is 9.64 Å². The van der Waals surface area contributed by atoms with E-state index in [-0.39, 0.29) is 5.97 Å². The van der Waals surface area contributed by atoms with Crippen LogP contribution in [0.15, 0.2) is 42.5 Å². The average Bonchev–Trinajstić information content (AvgIpc) is 2.54. The Morgan fingerprint density at radius 3 is 2.46 bits per heavy atom. The van der Waals surface area contributed by atoms with Crippen molar-refractivity contribution in [3.63, 3.8) is 0 Å². The molecule has 0 aromatic heterocycles. The molecule has 2 aromatic carbocycles. The number of aldehydes is 1. The average molecular weight is 325 g/mol. The van der Waals surface area contributed by atoms with E-state index in [4.69, 9.17) is 9.47 Å². The molecule has 124 valence electrons. The summed E-state index contributed by atoms with van der Waals surface area (Å²) < 4.78 is 10.9. The number of ether oxygens (including phenoxy) is 2. The van der Waals surface area contributed by atoms with E-state index in [1.54, 1.807) is 38.1 Å². The van der Waals surface area contributed by atoms with E-state index in [2.05, 4.69) is 0 Å². The lowest BCUT2D eigenvalue weighted by Crippen LogP contribution is -2.38. The first kappa shape index (κ1) is 16.1. The third-order valence-electron chi connectivity index (χ3n) is 3.85. The summed E-state index contributed by atoms with van der Waals surface area (Å²) in [7, 11) is 1.94. The molecule has 5 nitrogen and oxygen atoms in total. The molecule has 0 N–H and O–H groups in total. The van der Waals surface area contributed by atoms with Gasteiger partial charge in [0, 0.05) is 38.7 Å². The third-order valence-corrected chi connectivity index (χ3v) is 3.85. The van der Waals surface area contributed by atoms with E-state index in [0.717, 1.165) is 17.5 Å². The summed E-state index contributed by atoms with van der Waals surface area (Å²) in [6.07, 6.45) is 0.823. The highest BCUT2D eigenvalue weighted by Crippen LogP contribution is 2.33. The standard InChI is InChI=1S/C19H19NO4/c1-19(2)23-17-9-8-15(10-16(17)18(22)24-19)20(3)11-13-4-6-14(12-21)7-5-13/h4-10,12H,11H2,1-3H3. The Kier molecular flexibility index (Phi) is 4.01. The minimum absolute atomic E-state index is 0.383. The van der Waals surface area contributed by atoms with Crippen LogP contribution in [0.3, 0.4) is 0 Å². The monoisotopic (exact) mass is 325 g/mol. The van der Waals surface area contributed by atoms with Crippen molar-refractivity contribution in [2.75, 3.05) is 11.9 Å². The number of benzene rings is 2. The summed E-state index contributed by atoms with van der Waals surface area (Å²) in [5, 5.41) is 0. The van der Waals surface area contributed by atoms with Crippen molar-refractivity contribution in [1.82, 2.24) is 0 Å². The van der Waals surface area contributed by atoms with E-state index in [1.165, 1.54) is 0 Å². The maximum Gasteiger partial charge on any atom is 0.345 e. The van der Waals surface area contributed by atoms with Gasteiger partial charge in [-0.3, -0.25) is 4.79 Å². The van der Waals surface area contributed by atoms with E-state index >= 15 is 0 Å². The molecule has 0 atom stereocenters. The number of carbonyl (C=O) groups is 2. The quantitative estimate of drug-likeness (QED) is 0.637. The normalized spacial score (nSPS) is 15.0. The number of carbonyl (C=O) groups excluding carboxylic acids is 2. The first-order valence-electron chi connectivity index (χ1n) is 7.70. The number of anilines is 1. The van der Waals surface area contributed by atoms with Crippen molar-refractivity contribution in [2.24, 2.45) is 0 Å². The van der Waals surface area contributed by atoms with E-state index < -0.39 is 5.79 Å². The maximum absolute atomic E-state index is 12.2. The summed E-state index contributed by atoms with van der Waals surface area (Å²) in [5.41, 5.74) is 3.03. The Balaban J connectivity index is 1.81. The number of hydrogen-bond acceptors (Lipinski definition) is 5. The molecule has 0 unspecified atom stereocenters. The molecule has 0 spiro atoms. The number of hydrogen-bond donors (Lipinski definition) is 0. The second-order valence-electron chi connectivity index (χ2n) is 6.29.